The molecule has 30 heavy (non-hydrogen) atoms. The van der Waals surface area contributed by atoms with Crippen molar-refractivity contribution in [3.8, 4) is 11.6 Å². The maximum Gasteiger partial charge on any atom is 0.293 e. The number of hydrogen-bond acceptors (Lipinski definition) is 10. The first kappa shape index (κ1) is 20.9. The molecule has 0 bridgehead atoms. The number of carbonyl (C=O) groups is 1. The first-order valence-electron chi connectivity index (χ1n) is 9.13. The van der Waals surface area contributed by atoms with Gasteiger partial charge in [0.25, 0.3) is 5.91 Å². The summed E-state index contributed by atoms with van der Waals surface area (Å²) in [6.07, 6.45) is 1.61. The predicted octanol–water partition coefficient (Wildman–Crippen LogP) is 0.845. The van der Waals surface area contributed by atoms with E-state index in [4.69, 9.17) is 10.5 Å². The molecule has 0 saturated heterocycles. The fourth-order valence-electron chi connectivity index (χ4n) is 2.55. The molecule has 0 aliphatic carbocycles. The summed E-state index contributed by atoms with van der Waals surface area (Å²) in [5.41, 5.74) is 9.54. The van der Waals surface area contributed by atoms with Crippen LogP contribution in [0.5, 0.6) is 5.75 Å². The Morgan fingerprint density at radius 1 is 1.33 bits per heavy atom. The van der Waals surface area contributed by atoms with E-state index < -0.39 is 5.91 Å². The molecule has 0 saturated carbocycles. The van der Waals surface area contributed by atoms with Gasteiger partial charge in [0, 0.05) is 6.54 Å². The van der Waals surface area contributed by atoms with Gasteiger partial charge in [-0.1, -0.05) is 5.21 Å². The smallest absolute Gasteiger partial charge is 0.293 e. The Kier molecular flexibility index (Phi) is 6.37. The lowest BCUT2D eigenvalue weighted by Crippen LogP contribution is -2.23. The fourth-order valence-corrected chi connectivity index (χ4v) is 2.55. The van der Waals surface area contributed by atoms with Crippen molar-refractivity contribution >= 4 is 17.9 Å². The molecule has 12 heteroatoms. The molecule has 0 aliphatic rings. The molecular formula is C18H23N9O3. The highest BCUT2D eigenvalue weighted by Crippen LogP contribution is 2.17. The van der Waals surface area contributed by atoms with Crippen LogP contribution in [-0.2, 0) is 6.54 Å². The van der Waals surface area contributed by atoms with Gasteiger partial charge in [-0.15, -0.1) is 5.10 Å². The van der Waals surface area contributed by atoms with E-state index in [-0.39, 0.29) is 23.4 Å². The van der Waals surface area contributed by atoms with Crippen LogP contribution in [0.15, 0.2) is 34.0 Å². The molecule has 0 unspecified atom stereocenters. The van der Waals surface area contributed by atoms with Crippen molar-refractivity contribution < 1.29 is 14.2 Å². The van der Waals surface area contributed by atoms with E-state index in [9.17, 15) is 4.79 Å². The van der Waals surface area contributed by atoms with Crippen molar-refractivity contribution in [1.29, 1.82) is 0 Å². The Balaban J connectivity index is 1.74. The second-order valence-corrected chi connectivity index (χ2v) is 6.94. The number of hydrogen-bond donors (Lipinski definition) is 2. The van der Waals surface area contributed by atoms with Crippen LogP contribution in [0.2, 0.25) is 0 Å². The Labute approximate surface area is 172 Å². The number of nitrogens with zero attached hydrogens (tertiary/aromatic N) is 7. The summed E-state index contributed by atoms with van der Waals surface area (Å²) in [6, 6.07) is 7.34. The van der Waals surface area contributed by atoms with Gasteiger partial charge in [-0.25, -0.2) is 10.1 Å². The van der Waals surface area contributed by atoms with Crippen molar-refractivity contribution in [2.45, 2.75) is 26.5 Å². The molecule has 1 aromatic carbocycles. The lowest BCUT2D eigenvalue weighted by molar-refractivity contribution is 0.0948. The van der Waals surface area contributed by atoms with E-state index in [0.717, 1.165) is 11.3 Å². The normalized spacial score (nSPS) is 11.5. The van der Waals surface area contributed by atoms with Crippen molar-refractivity contribution in [3.05, 3.63) is 41.2 Å². The molecule has 158 valence electrons. The summed E-state index contributed by atoms with van der Waals surface area (Å²) in [5.74, 6) is 0.433. The number of carbonyl (C=O) groups excluding carboxylic acids is 1. The molecule has 2 aromatic heterocycles. The van der Waals surface area contributed by atoms with Gasteiger partial charge in [-0.3, -0.25) is 4.79 Å². The van der Waals surface area contributed by atoms with Gasteiger partial charge in [0.1, 0.15) is 5.75 Å². The Morgan fingerprint density at radius 3 is 2.67 bits per heavy atom. The number of anilines is 1. The maximum absolute atomic E-state index is 12.6. The summed E-state index contributed by atoms with van der Waals surface area (Å²) in [4.78, 5) is 14.5. The van der Waals surface area contributed by atoms with Gasteiger partial charge in [-0.2, -0.15) is 9.78 Å². The quantitative estimate of drug-likeness (QED) is 0.404. The van der Waals surface area contributed by atoms with Crippen molar-refractivity contribution in [3.63, 3.8) is 0 Å². The third kappa shape index (κ3) is 4.97. The molecule has 12 nitrogen and oxygen atoms in total. The number of amides is 1. The number of nitrogen functional groups attached to an aromatic ring is 1. The number of rotatable bonds is 8. The minimum Gasteiger partial charge on any atom is -0.491 e. The first-order valence-corrected chi connectivity index (χ1v) is 9.13. The van der Waals surface area contributed by atoms with Gasteiger partial charge >= 0.3 is 0 Å². The summed E-state index contributed by atoms with van der Waals surface area (Å²) < 4.78 is 11.5. The van der Waals surface area contributed by atoms with E-state index in [1.165, 1.54) is 10.9 Å². The van der Waals surface area contributed by atoms with Gasteiger partial charge in [0.05, 0.1) is 18.0 Å². The molecule has 1 amide bonds. The summed E-state index contributed by atoms with van der Waals surface area (Å²) in [7, 11) is 3.68. The molecule has 0 atom stereocenters. The molecule has 0 spiro atoms. The minimum absolute atomic E-state index is 0.0368. The average molecular weight is 413 g/mol. The van der Waals surface area contributed by atoms with E-state index in [1.807, 2.05) is 57.1 Å². The standard InChI is InChI=1S/C18H23N9O3/c1-11(2)29-13-7-5-12(6-8-13)9-20-22-18(28)15-14(10-26(3)4)27(25-21-15)17-16(19)23-30-24-17/h5-9,11H,10H2,1-4H3,(H2,19,23)(H,22,28)/b20-9+. The van der Waals surface area contributed by atoms with Crippen LogP contribution < -0.4 is 15.9 Å². The number of hydrazone groups is 1. The third-order valence-corrected chi connectivity index (χ3v) is 3.77. The Morgan fingerprint density at radius 2 is 2.07 bits per heavy atom. The minimum atomic E-state index is -0.524. The highest BCUT2D eigenvalue weighted by Gasteiger charge is 2.24. The number of nitrogens with one attached hydrogen (secondary N) is 1. The van der Waals surface area contributed by atoms with Gasteiger partial charge in [0.15, 0.2) is 5.69 Å². The van der Waals surface area contributed by atoms with Crippen molar-refractivity contribution in [2.24, 2.45) is 5.10 Å². The van der Waals surface area contributed by atoms with Gasteiger partial charge < -0.3 is 15.4 Å². The highest BCUT2D eigenvalue weighted by molar-refractivity contribution is 5.94. The van der Waals surface area contributed by atoms with Gasteiger partial charge in [0.2, 0.25) is 11.6 Å². The molecular weight excluding hydrogens is 390 g/mol. The van der Waals surface area contributed by atoms with Crippen LogP contribution in [0.1, 0.15) is 35.6 Å². The summed E-state index contributed by atoms with van der Waals surface area (Å²) >= 11 is 0. The van der Waals surface area contributed by atoms with E-state index in [2.05, 4.69) is 35.8 Å². The molecule has 3 aromatic rings. The highest BCUT2D eigenvalue weighted by atomic mass is 16.6. The van der Waals surface area contributed by atoms with E-state index >= 15 is 0 Å². The average Bonchev–Trinajstić information content (AvgIpc) is 3.28. The van der Waals surface area contributed by atoms with Crippen LogP contribution in [0.25, 0.3) is 5.82 Å². The maximum atomic E-state index is 12.6. The van der Waals surface area contributed by atoms with Crippen LogP contribution in [0, 0.1) is 0 Å². The lowest BCUT2D eigenvalue weighted by Gasteiger charge is -2.11. The topological polar surface area (TPSA) is 150 Å². The zero-order valence-electron chi connectivity index (χ0n) is 17.1. The van der Waals surface area contributed by atoms with Crippen LogP contribution in [-0.4, -0.2) is 62.5 Å². The zero-order valence-corrected chi connectivity index (χ0v) is 17.1. The molecule has 2 heterocycles. The number of ether oxygens (including phenoxy) is 1. The fraction of sp³-hybridized carbons (Fsp3) is 0.333. The summed E-state index contributed by atoms with van der Waals surface area (Å²) in [6.45, 7) is 4.27. The summed E-state index contributed by atoms with van der Waals surface area (Å²) in [5, 5.41) is 19.1. The number of benzene rings is 1. The Hall–Kier alpha value is -3.80. The SMILES string of the molecule is CC(C)Oc1ccc(/C=N/NC(=O)c2nnn(-c3nonc3N)c2CN(C)C)cc1. The molecule has 3 rings (SSSR count). The van der Waals surface area contributed by atoms with Crippen LogP contribution in [0.4, 0.5) is 5.82 Å². The number of nitrogens with two attached hydrogens (primary N) is 1. The lowest BCUT2D eigenvalue weighted by atomic mass is 10.2. The Bertz CT molecular complexity index is 1020. The van der Waals surface area contributed by atoms with Crippen LogP contribution >= 0.6 is 0 Å². The van der Waals surface area contributed by atoms with Crippen molar-refractivity contribution in [1.82, 2.24) is 35.6 Å². The third-order valence-electron chi connectivity index (χ3n) is 3.77. The second kappa shape index (κ2) is 9.13. The molecule has 0 aliphatic heterocycles. The van der Waals surface area contributed by atoms with E-state index in [0.29, 0.717) is 12.2 Å². The first-order chi connectivity index (χ1) is 14.3. The monoisotopic (exact) mass is 413 g/mol. The zero-order chi connectivity index (χ0) is 21.7. The van der Waals surface area contributed by atoms with Gasteiger partial charge in [-0.05, 0) is 68.1 Å². The molecule has 0 radical (unpaired) electrons. The molecule has 3 N–H and O–H groups in total. The second-order valence-electron chi connectivity index (χ2n) is 6.94. The largest absolute Gasteiger partial charge is 0.491 e. The van der Waals surface area contributed by atoms with E-state index in [1.54, 1.807) is 0 Å². The predicted molar refractivity (Wildman–Crippen MR) is 108 cm³/mol. The number of aromatic nitrogens is 5. The van der Waals surface area contributed by atoms with Crippen LogP contribution in [0.3, 0.4) is 0 Å². The van der Waals surface area contributed by atoms with Crippen molar-refractivity contribution in [2.75, 3.05) is 19.8 Å². The molecule has 0 fully saturated rings.